The van der Waals surface area contributed by atoms with Crippen LogP contribution in [-0.4, -0.2) is 30.6 Å². The molecule has 2 aromatic carbocycles. The summed E-state index contributed by atoms with van der Waals surface area (Å²) in [5, 5.41) is 2.88. The fraction of sp³-hybridized carbons (Fsp3) is 0.409. The number of amides is 1. The summed E-state index contributed by atoms with van der Waals surface area (Å²) in [6, 6.07) is 8.49. The Balaban J connectivity index is 1.80. The van der Waals surface area contributed by atoms with Gasteiger partial charge >= 0.3 is 0 Å². The topological polar surface area (TPSA) is 58.4 Å². The van der Waals surface area contributed by atoms with Gasteiger partial charge in [-0.3, -0.25) is 4.79 Å². The number of nitrogens with two attached hydrogens (primary N) is 1. The van der Waals surface area contributed by atoms with Gasteiger partial charge in [-0.05, 0) is 50.1 Å². The minimum atomic E-state index is -3.18. The van der Waals surface area contributed by atoms with Crippen LogP contribution in [0.4, 0.5) is 18.9 Å². The van der Waals surface area contributed by atoms with Gasteiger partial charge in [-0.15, -0.1) is 0 Å². The fourth-order valence-electron chi connectivity index (χ4n) is 3.76. The number of rotatable bonds is 5. The molecule has 1 amide bonds. The lowest BCUT2D eigenvalue weighted by Crippen LogP contribution is -2.51. The van der Waals surface area contributed by atoms with Crippen molar-refractivity contribution in [1.29, 1.82) is 0 Å². The number of carbonyl (C=O) groups excluding carboxylic acids is 1. The van der Waals surface area contributed by atoms with E-state index in [4.69, 9.17) is 17.3 Å². The maximum Gasteiger partial charge on any atom is 0.277 e. The summed E-state index contributed by atoms with van der Waals surface area (Å²) >= 11 is 5.97. The highest BCUT2D eigenvalue weighted by Gasteiger charge is 2.42. The molecular weight excluding hydrogens is 415 g/mol. The average Bonchev–Trinajstić information content (AvgIpc) is 2.77. The maximum atomic E-state index is 15.1. The second-order valence-electron chi connectivity index (χ2n) is 7.92. The molecule has 0 fully saturated rings. The number of hydrogen-bond donors (Lipinski definition) is 2. The van der Waals surface area contributed by atoms with Crippen molar-refractivity contribution in [3.63, 3.8) is 0 Å². The summed E-state index contributed by atoms with van der Waals surface area (Å²) in [5.74, 6) is -4.23. The smallest absolute Gasteiger partial charge is 0.277 e. The van der Waals surface area contributed by atoms with Gasteiger partial charge in [-0.25, -0.2) is 13.2 Å². The molecule has 0 bridgehead atoms. The number of nitrogens with one attached hydrogen (secondary N) is 1. The first-order valence-corrected chi connectivity index (χ1v) is 10.2. The van der Waals surface area contributed by atoms with Crippen LogP contribution in [0.3, 0.4) is 0 Å². The SMILES string of the molecule is CC(C)N1CC(NC(=O)[C@H](N)Cc2ccccc2F)CC(F)(F)c2cc(Cl)ccc21. The van der Waals surface area contributed by atoms with Crippen LogP contribution in [-0.2, 0) is 17.1 Å². The normalized spacial score (nSPS) is 19.2. The highest BCUT2D eigenvalue weighted by Crippen LogP contribution is 2.43. The van der Waals surface area contributed by atoms with Crippen LogP contribution in [0.5, 0.6) is 0 Å². The first-order valence-electron chi connectivity index (χ1n) is 9.82. The van der Waals surface area contributed by atoms with Crippen molar-refractivity contribution in [2.45, 2.75) is 50.7 Å². The Morgan fingerprint density at radius 2 is 2.00 bits per heavy atom. The second kappa shape index (κ2) is 8.86. The first kappa shape index (κ1) is 22.4. The molecule has 3 rings (SSSR count). The lowest BCUT2D eigenvalue weighted by atomic mass is 10.0. The number of hydrogen-bond acceptors (Lipinski definition) is 3. The molecule has 0 saturated heterocycles. The predicted molar refractivity (Wildman–Crippen MR) is 112 cm³/mol. The molecule has 0 saturated carbocycles. The molecule has 8 heteroatoms. The zero-order valence-corrected chi connectivity index (χ0v) is 17.6. The number of nitrogens with zero attached hydrogens (tertiary/aromatic N) is 1. The Bertz CT molecular complexity index is 922. The molecule has 162 valence electrons. The Labute approximate surface area is 179 Å². The van der Waals surface area contributed by atoms with E-state index in [2.05, 4.69) is 5.32 Å². The molecule has 1 unspecified atom stereocenters. The van der Waals surface area contributed by atoms with Gasteiger partial charge in [0.1, 0.15) is 5.82 Å². The zero-order valence-electron chi connectivity index (χ0n) is 16.8. The van der Waals surface area contributed by atoms with Crippen LogP contribution in [0, 0.1) is 5.82 Å². The highest BCUT2D eigenvalue weighted by molar-refractivity contribution is 6.30. The Morgan fingerprint density at radius 3 is 2.67 bits per heavy atom. The monoisotopic (exact) mass is 439 g/mol. The average molecular weight is 440 g/mol. The van der Waals surface area contributed by atoms with E-state index in [0.717, 1.165) is 0 Å². The molecule has 3 N–H and O–H groups in total. The summed E-state index contributed by atoms with van der Waals surface area (Å²) in [7, 11) is 0. The summed E-state index contributed by atoms with van der Waals surface area (Å²) < 4.78 is 44.0. The lowest BCUT2D eigenvalue weighted by Gasteiger charge is -2.32. The molecule has 30 heavy (non-hydrogen) atoms. The number of fused-ring (bicyclic) bond motifs is 1. The van der Waals surface area contributed by atoms with Crippen molar-refractivity contribution < 1.29 is 18.0 Å². The molecule has 2 aromatic rings. The second-order valence-corrected chi connectivity index (χ2v) is 8.36. The van der Waals surface area contributed by atoms with Crippen molar-refractivity contribution in [3.05, 3.63) is 64.4 Å². The maximum absolute atomic E-state index is 15.1. The van der Waals surface area contributed by atoms with Crippen LogP contribution >= 0.6 is 11.6 Å². The number of carbonyl (C=O) groups is 1. The lowest BCUT2D eigenvalue weighted by molar-refractivity contribution is -0.123. The molecule has 1 heterocycles. The van der Waals surface area contributed by atoms with Crippen LogP contribution in [0.2, 0.25) is 5.02 Å². The van der Waals surface area contributed by atoms with Crippen LogP contribution in [0.25, 0.3) is 0 Å². The largest absolute Gasteiger partial charge is 0.367 e. The van der Waals surface area contributed by atoms with E-state index in [1.807, 2.05) is 18.7 Å². The molecule has 0 spiro atoms. The number of anilines is 1. The van der Waals surface area contributed by atoms with Gasteiger partial charge in [0.2, 0.25) is 5.91 Å². The van der Waals surface area contributed by atoms with E-state index in [9.17, 15) is 9.18 Å². The van der Waals surface area contributed by atoms with E-state index in [-0.39, 0.29) is 29.6 Å². The van der Waals surface area contributed by atoms with E-state index in [1.165, 1.54) is 12.1 Å². The summed E-state index contributed by atoms with van der Waals surface area (Å²) in [6.45, 7) is 3.98. The van der Waals surface area contributed by atoms with Gasteiger partial charge in [-0.1, -0.05) is 29.8 Å². The molecule has 1 aliphatic rings. The number of alkyl halides is 2. The summed E-state index contributed by atoms with van der Waals surface area (Å²) in [5.41, 5.74) is 6.48. The van der Waals surface area contributed by atoms with Gasteiger partial charge in [0.15, 0.2) is 0 Å². The molecule has 2 atom stereocenters. The third-order valence-corrected chi connectivity index (χ3v) is 5.52. The Hall–Kier alpha value is -2.25. The van der Waals surface area contributed by atoms with Gasteiger partial charge in [0, 0.05) is 35.3 Å². The van der Waals surface area contributed by atoms with E-state index < -0.39 is 36.2 Å². The Kier molecular flexibility index (Phi) is 6.62. The highest BCUT2D eigenvalue weighted by atomic mass is 35.5. The molecule has 0 radical (unpaired) electrons. The third-order valence-electron chi connectivity index (χ3n) is 5.29. The predicted octanol–water partition coefficient (Wildman–Crippen LogP) is 4.24. The fourth-order valence-corrected chi connectivity index (χ4v) is 3.93. The van der Waals surface area contributed by atoms with Crippen molar-refractivity contribution in [3.8, 4) is 0 Å². The van der Waals surface area contributed by atoms with Gasteiger partial charge in [0.25, 0.3) is 5.92 Å². The van der Waals surface area contributed by atoms with E-state index in [0.29, 0.717) is 11.3 Å². The molecule has 1 aliphatic heterocycles. The molecule has 0 aliphatic carbocycles. The summed E-state index contributed by atoms with van der Waals surface area (Å²) in [4.78, 5) is 14.4. The first-order chi connectivity index (χ1) is 14.1. The van der Waals surface area contributed by atoms with Gasteiger partial charge < -0.3 is 16.0 Å². The number of benzene rings is 2. The van der Waals surface area contributed by atoms with E-state index >= 15 is 8.78 Å². The standard InChI is InChI=1S/C22H25ClF3N3O/c1-13(2)29-12-16(11-22(25,26)17-10-15(23)7-8-20(17)29)28-21(30)19(27)9-14-5-3-4-6-18(14)24/h3-8,10,13,16,19H,9,11-12,27H2,1-2H3,(H,28,30)/t16?,19-/m1/s1. The van der Waals surface area contributed by atoms with Gasteiger partial charge in [-0.2, -0.15) is 0 Å². The van der Waals surface area contributed by atoms with Crippen molar-refractivity contribution in [1.82, 2.24) is 5.32 Å². The molecule has 0 aromatic heterocycles. The minimum Gasteiger partial charge on any atom is -0.367 e. The van der Waals surface area contributed by atoms with Crippen LogP contribution in [0.15, 0.2) is 42.5 Å². The van der Waals surface area contributed by atoms with Crippen molar-refractivity contribution >= 4 is 23.2 Å². The quantitative estimate of drug-likeness (QED) is 0.732. The zero-order chi connectivity index (χ0) is 22.1. The van der Waals surface area contributed by atoms with Crippen LogP contribution < -0.4 is 16.0 Å². The Morgan fingerprint density at radius 1 is 1.30 bits per heavy atom. The van der Waals surface area contributed by atoms with Crippen LogP contribution in [0.1, 0.15) is 31.4 Å². The summed E-state index contributed by atoms with van der Waals surface area (Å²) in [6.07, 6.45) is -0.604. The molecule has 4 nitrogen and oxygen atoms in total. The minimum absolute atomic E-state index is 0.0225. The van der Waals surface area contributed by atoms with Crippen molar-refractivity contribution in [2.75, 3.05) is 11.4 Å². The number of halogens is 4. The van der Waals surface area contributed by atoms with E-state index in [1.54, 1.807) is 30.3 Å². The van der Waals surface area contributed by atoms with Gasteiger partial charge in [0.05, 0.1) is 12.1 Å². The van der Waals surface area contributed by atoms with Crippen molar-refractivity contribution in [2.24, 2.45) is 5.73 Å². The molecular formula is C22H25ClF3N3O. The third kappa shape index (κ3) is 4.90.